The van der Waals surface area contributed by atoms with Crippen molar-refractivity contribution in [1.29, 1.82) is 0 Å². The Kier molecular flexibility index (Phi) is 2.48. The SMILES string of the molecule is O=C(Cc1ccsc1)NC1(C(=O)O)CC1. The van der Waals surface area contributed by atoms with Crippen LogP contribution in [0.1, 0.15) is 18.4 Å². The van der Waals surface area contributed by atoms with Gasteiger partial charge in [0, 0.05) is 0 Å². The third-order valence-corrected chi connectivity index (χ3v) is 3.21. The van der Waals surface area contributed by atoms with Gasteiger partial charge in [-0.05, 0) is 35.2 Å². The van der Waals surface area contributed by atoms with Crippen molar-refractivity contribution >= 4 is 23.2 Å². The van der Waals surface area contributed by atoms with Crippen LogP contribution in [0.5, 0.6) is 0 Å². The van der Waals surface area contributed by atoms with Gasteiger partial charge in [-0.15, -0.1) is 0 Å². The minimum atomic E-state index is -0.965. The van der Waals surface area contributed by atoms with Crippen LogP contribution in [-0.2, 0) is 16.0 Å². The molecule has 4 nitrogen and oxygen atoms in total. The number of thiophene rings is 1. The molecule has 0 atom stereocenters. The fraction of sp³-hybridized carbons (Fsp3) is 0.400. The van der Waals surface area contributed by atoms with Gasteiger partial charge < -0.3 is 10.4 Å². The highest BCUT2D eigenvalue weighted by molar-refractivity contribution is 7.07. The molecule has 1 amide bonds. The van der Waals surface area contributed by atoms with Crippen LogP contribution in [0.2, 0.25) is 0 Å². The van der Waals surface area contributed by atoms with Gasteiger partial charge >= 0.3 is 5.97 Å². The van der Waals surface area contributed by atoms with Crippen molar-refractivity contribution in [1.82, 2.24) is 5.32 Å². The zero-order chi connectivity index (χ0) is 10.9. The first-order valence-corrected chi connectivity index (χ1v) is 5.62. The first-order valence-electron chi connectivity index (χ1n) is 4.68. The molecule has 1 heterocycles. The molecule has 0 aliphatic heterocycles. The van der Waals surface area contributed by atoms with Crippen LogP contribution in [-0.4, -0.2) is 22.5 Å². The summed E-state index contributed by atoms with van der Waals surface area (Å²) in [6.45, 7) is 0. The summed E-state index contributed by atoms with van der Waals surface area (Å²) in [6, 6.07) is 1.87. The fourth-order valence-corrected chi connectivity index (χ4v) is 2.08. The van der Waals surface area contributed by atoms with Crippen molar-refractivity contribution in [3.05, 3.63) is 22.4 Å². The van der Waals surface area contributed by atoms with E-state index in [4.69, 9.17) is 5.11 Å². The Morgan fingerprint density at radius 2 is 2.27 bits per heavy atom. The Morgan fingerprint density at radius 3 is 2.73 bits per heavy atom. The Bertz CT molecular complexity index is 381. The predicted molar refractivity (Wildman–Crippen MR) is 55.8 cm³/mol. The zero-order valence-corrected chi connectivity index (χ0v) is 8.84. The van der Waals surface area contributed by atoms with E-state index in [9.17, 15) is 9.59 Å². The number of carbonyl (C=O) groups is 2. The number of carboxylic acids is 1. The molecule has 15 heavy (non-hydrogen) atoms. The molecule has 5 heteroatoms. The first kappa shape index (κ1) is 10.2. The summed E-state index contributed by atoms with van der Waals surface area (Å²) in [6.07, 6.45) is 1.34. The highest BCUT2D eigenvalue weighted by atomic mass is 32.1. The summed E-state index contributed by atoms with van der Waals surface area (Å²) in [7, 11) is 0. The van der Waals surface area contributed by atoms with Crippen molar-refractivity contribution in [2.75, 3.05) is 0 Å². The molecule has 1 aromatic heterocycles. The van der Waals surface area contributed by atoms with E-state index >= 15 is 0 Å². The van der Waals surface area contributed by atoms with E-state index < -0.39 is 11.5 Å². The second kappa shape index (κ2) is 3.66. The summed E-state index contributed by atoms with van der Waals surface area (Å²) in [5.41, 5.74) is -0.0358. The quantitative estimate of drug-likeness (QED) is 0.804. The number of nitrogens with one attached hydrogen (secondary N) is 1. The predicted octanol–water partition coefficient (Wildman–Crippen LogP) is 1.02. The Hall–Kier alpha value is -1.36. The summed E-state index contributed by atoms with van der Waals surface area (Å²) in [4.78, 5) is 22.3. The van der Waals surface area contributed by atoms with Gasteiger partial charge in [0.05, 0.1) is 6.42 Å². The van der Waals surface area contributed by atoms with Crippen LogP contribution in [0, 0.1) is 0 Å². The summed E-state index contributed by atoms with van der Waals surface area (Å²) in [5.74, 6) is -1.14. The van der Waals surface area contributed by atoms with Crippen molar-refractivity contribution in [3.63, 3.8) is 0 Å². The number of carbonyl (C=O) groups excluding carboxylic acids is 1. The monoisotopic (exact) mass is 225 g/mol. The van der Waals surface area contributed by atoms with Gasteiger partial charge in [-0.2, -0.15) is 11.3 Å². The maximum absolute atomic E-state index is 11.5. The summed E-state index contributed by atoms with van der Waals surface area (Å²) >= 11 is 1.53. The smallest absolute Gasteiger partial charge is 0.329 e. The Labute approximate surface area is 90.9 Å². The molecule has 80 valence electrons. The number of hydrogen-bond acceptors (Lipinski definition) is 3. The highest BCUT2D eigenvalue weighted by Crippen LogP contribution is 2.35. The van der Waals surface area contributed by atoms with Gasteiger partial charge in [0.1, 0.15) is 5.54 Å². The van der Waals surface area contributed by atoms with Crippen LogP contribution >= 0.6 is 11.3 Å². The molecule has 1 aliphatic carbocycles. The number of hydrogen-bond donors (Lipinski definition) is 2. The molecule has 2 N–H and O–H groups in total. The minimum Gasteiger partial charge on any atom is -0.480 e. The number of rotatable bonds is 4. The van der Waals surface area contributed by atoms with E-state index in [0.29, 0.717) is 12.8 Å². The molecule has 1 aliphatic rings. The topological polar surface area (TPSA) is 66.4 Å². The zero-order valence-electron chi connectivity index (χ0n) is 8.03. The highest BCUT2D eigenvalue weighted by Gasteiger charge is 2.51. The van der Waals surface area contributed by atoms with Gasteiger partial charge in [0.25, 0.3) is 0 Å². The summed E-state index contributed by atoms with van der Waals surface area (Å²) < 4.78 is 0. The molecular weight excluding hydrogens is 214 g/mol. The third-order valence-electron chi connectivity index (χ3n) is 2.48. The van der Waals surface area contributed by atoms with Gasteiger partial charge in [0.15, 0.2) is 0 Å². The van der Waals surface area contributed by atoms with E-state index in [1.54, 1.807) is 0 Å². The average molecular weight is 225 g/mol. The lowest BCUT2D eigenvalue weighted by atomic mass is 10.2. The van der Waals surface area contributed by atoms with Gasteiger partial charge in [-0.25, -0.2) is 4.79 Å². The molecule has 1 aromatic rings. The molecule has 0 radical (unpaired) electrons. The standard InChI is InChI=1S/C10H11NO3S/c12-8(5-7-1-4-15-6-7)11-10(2-3-10)9(13)14/h1,4,6H,2-3,5H2,(H,11,12)(H,13,14). The first-order chi connectivity index (χ1) is 7.12. The molecule has 0 saturated heterocycles. The molecule has 0 unspecified atom stereocenters. The lowest BCUT2D eigenvalue weighted by molar-refractivity contribution is -0.143. The average Bonchev–Trinajstić information content (AvgIpc) is 2.75. The Morgan fingerprint density at radius 1 is 1.53 bits per heavy atom. The summed E-state index contributed by atoms with van der Waals surface area (Å²) in [5, 5.41) is 15.2. The molecule has 0 spiro atoms. The van der Waals surface area contributed by atoms with Crippen LogP contribution in [0.25, 0.3) is 0 Å². The maximum Gasteiger partial charge on any atom is 0.329 e. The molecule has 1 fully saturated rings. The van der Waals surface area contributed by atoms with Crippen molar-refractivity contribution in [2.24, 2.45) is 0 Å². The van der Waals surface area contributed by atoms with E-state index in [1.165, 1.54) is 11.3 Å². The van der Waals surface area contributed by atoms with E-state index in [1.807, 2.05) is 16.8 Å². The second-order valence-electron chi connectivity index (χ2n) is 3.74. The number of aliphatic carboxylic acids is 1. The molecular formula is C10H11NO3S. The van der Waals surface area contributed by atoms with Crippen LogP contribution in [0.15, 0.2) is 16.8 Å². The van der Waals surface area contributed by atoms with E-state index in [0.717, 1.165) is 5.56 Å². The van der Waals surface area contributed by atoms with Gasteiger partial charge in [0.2, 0.25) is 5.91 Å². The molecule has 0 bridgehead atoms. The third kappa shape index (κ3) is 2.18. The van der Waals surface area contributed by atoms with Crippen LogP contribution in [0.4, 0.5) is 0 Å². The maximum atomic E-state index is 11.5. The Balaban J connectivity index is 1.91. The number of amides is 1. The van der Waals surface area contributed by atoms with Crippen molar-refractivity contribution in [2.45, 2.75) is 24.8 Å². The van der Waals surface area contributed by atoms with Gasteiger partial charge in [-0.3, -0.25) is 4.79 Å². The van der Waals surface area contributed by atoms with E-state index in [-0.39, 0.29) is 12.3 Å². The van der Waals surface area contributed by atoms with Crippen LogP contribution < -0.4 is 5.32 Å². The lowest BCUT2D eigenvalue weighted by Gasteiger charge is -2.11. The van der Waals surface area contributed by atoms with Crippen molar-refractivity contribution in [3.8, 4) is 0 Å². The van der Waals surface area contributed by atoms with Crippen LogP contribution in [0.3, 0.4) is 0 Å². The molecule has 0 aromatic carbocycles. The second-order valence-corrected chi connectivity index (χ2v) is 4.52. The van der Waals surface area contributed by atoms with E-state index in [2.05, 4.69) is 5.32 Å². The number of carboxylic acid groups (broad SMARTS) is 1. The normalized spacial score (nSPS) is 17.1. The molecule has 1 saturated carbocycles. The lowest BCUT2D eigenvalue weighted by Crippen LogP contribution is -2.43. The van der Waals surface area contributed by atoms with Gasteiger partial charge in [-0.1, -0.05) is 0 Å². The fourth-order valence-electron chi connectivity index (χ4n) is 1.41. The van der Waals surface area contributed by atoms with Crippen molar-refractivity contribution < 1.29 is 14.7 Å². The minimum absolute atomic E-state index is 0.215. The largest absolute Gasteiger partial charge is 0.480 e. The molecule has 2 rings (SSSR count).